The fourth-order valence-corrected chi connectivity index (χ4v) is 3.05. The Balaban J connectivity index is 1.71. The number of ether oxygens (including phenoxy) is 1. The number of hydrogen-bond donors (Lipinski definition) is 2. The number of anilines is 1. The zero-order chi connectivity index (χ0) is 19.8. The standard InChI is InChI=1S/C19H27F2N3O3/c1-18(2,3)15(17(25)26)22-8-13-6-7-14(24-10-19(20,21)11-24)16(23-13)27-9-12-4-5-12/h6-7,12,15,22H,4-5,8-11H2,1-3H3,(H,25,26)/t15-/m1/s1. The average Bonchev–Trinajstić information content (AvgIpc) is 3.33. The first-order chi connectivity index (χ1) is 12.5. The van der Waals surface area contributed by atoms with E-state index in [1.54, 1.807) is 17.0 Å². The quantitative estimate of drug-likeness (QED) is 0.719. The molecule has 0 bridgehead atoms. The van der Waals surface area contributed by atoms with E-state index < -0.39 is 23.3 Å². The highest BCUT2D eigenvalue weighted by Crippen LogP contribution is 2.38. The van der Waals surface area contributed by atoms with Gasteiger partial charge in [-0.2, -0.15) is 0 Å². The smallest absolute Gasteiger partial charge is 0.321 e. The van der Waals surface area contributed by atoms with Crippen molar-refractivity contribution in [1.29, 1.82) is 0 Å². The number of carbonyl (C=O) groups is 1. The topological polar surface area (TPSA) is 74.7 Å². The molecule has 2 N–H and O–H groups in total. The molecule has 2 fully saturated rings. The maximum Gasteiger partial charge on any atom is 0.321 e. The van der Waals surface area contributed by atoms with Crippen molar-refractivity contribution in [2.75, 3.05) is 24.6 Å². The Morgan fingerprint density at radius 1 is 1.41 bits per heavy atom. The highest BCUT2D eigenvalue weighted by Gasteiger charge is 2.45. The van der Waals surface area contributed by atoms with E-state index in [4.69, 9.17) is 4.74 Å². The Hall–Kier alpha value is -1.96. The second-order valence-corrected chi connectivity index (χ2v) is 8.61. The summed E-state index contributed by atoms with van der Waals surface area (Å²) >= 11 is 0. The van der Waals surface area contributed by atoms with E-state index >= 15 is 0 Å². The Labute approximate surface area is 157 Å². The number of rotatable bonds is 8. The molecular formula is C19H27F2N3O3. The molecule has 0 spiro atoms. The lowest BCUT2D eigenvalue weighted by Crippen LogP contribution is -2.56. The molecule has 1 aromatic heterocycles. The minimum absolute atomic E-state index is 0.254. The highest BCUT2D eigenvalue weighted by molar-refractivity contribution is 5.74. The summed E-state index contributed by atoms with van der Waals surface area (Å²) in [7, 11) is 0. The largest absolute Gasteiger partial charge is 0.480 e. The van der Waals surface area contributed by atoms with Gasteiger partial charge in [0.1, 0.15) is 11.7 Å². The summed E-state index contributed by atoms with van der Waals surface area (Å²) in [6.45, 7) is 5.66. The van der Waals surface area contributed by atoms with Gasteiger partial charge in [0.15, 0.2) is 0 Å². The number of pyridine rings is 1. The lowest BCUT2D eigenvalue weighted by Gasteiger charge is -2.40. The van der Waals surface area contributed by atoms with Gasteiger partial charge >= 0.3 is 5.97 Å². The highest BCUT2D eigenvalue weighted by atomic mass is 19.3. The zero-order valence-electron chi connectivity index (χ0n) is 16.0. The van der Waals surface area contributed by atoms with Gasteiger partial charge in [0.25, 0.3) is 5.92 Å². The fraction of sp³-hybridized carbons (Fsp3) is 0.684. The molecule has 0 radical (unpaired) electrons. The maximum absolute atomic E-state index is 13.2. The van der Waals surface area contributed by atoms with Crippen molar-refractivity contribution in [1.82, 2.24) is 10.3 Å². The van der Waals surface area contributed by atoms with Crippen LogP contribution < -0.4 is 15.0 Å². The summed E-state index contributed by atoms with van der Waals surface area (Å²) in [6.07, 6.45) is 2.23. The molecule has 0 amide bonds. The van der Waals surface area contributed by atoms with Gasteiger partial charge in [-0.25, -0.2) is 13.8 Å². The lowest BCUT2D eigenvalue weighted by molar-refractivity contribution is -0.142. The van der Waals surface area contributed by atoms with Crippen LogP contribution in [-0.2, 0) is 11.3 Å². The Morgan fingerprint density at radius 3 is 2.59 bits per heavy atom. The van der Waals surface area contributed by atoms with Crippen LogP contribution in [0.3, 0.4) is 0 Å². The summed E-state index contributed by atoms with van der Waals surface area (Å²) in [5, 5.41) is 12.4. The van der Waals surface area contributed by atoms with Gasteiger partial charge in [-0.3, -0.25) is 10.1 Å². The van der Waals surface area contributed by atoms with Gasteiger partial charge in [-0.1, -0.05) is 20.8 Å². The Kier molecular flexibility index (Phi) is 5.29. The molecular weight excluding hydrogens is 356 g/mol. The summed E-state index contributed by atoms with van der Waals surface area (Å²) in [5.74, 6) is -2.74. The summed E-state index contributed by atoms with van der Waals surface area (Å²) in [4.78, 5) is 17.5. The van der Waals surface area contributed by atoms with Crippen LogP contribution in [0.4, 0.5) is 14.5 Å². The van der Waals surface area contributed by atoms with Crippen molar-refractivity contribution >= 4 is 11.7 Å². The first kappa shape index (κ1) is 19.8. The van der Waals surface area contributed by atoms with E-state index in [-0.39, 0.29) is 19.6 Å². The van der Waals surface area contributed by atoms with Gasteiger partial charge in [0, 0.05) is 6.54 Å². The molecule has 1 aromatic rings. The molecule has 1 saturated heterocycles. The number of nitrogens with zero attached hydrogens (tertiary/aromatic N) is 2. The van der Waals surface area contributed by atoms with Crippen molar-refractivity contribution in [3.05, 3.63) is 17.8 Å². The van der Waals surface area contributed by atoms with E-state index in [1.807, 2.05) is 20.8 Å². The van der Waals surface area contributed by atoms with E-state index in [2.05, 4.69) is 10.3 Å². The molecule has 3 rings (SSSR count). The van der Waals surface area contributed by atoms with Crippen LogP contribution in [0.25, 0.3) is 0 Å². The van der Waals surface area contributed by atoms with Crippen LogP contribution in [0.1, 0.15) is 39.3 Å². The van der Waals surface area contributed by atoms with Crippen LogP contribution in [0.15, 0.2) is 12.1 Å². The van der Waals surface area contributed by atoms with Gasteiger partial charge in [0.05, 0.1) is 25.4 Å². The third-order valence-electron chi connectivity index (χ3n) is 4.84. The third-order valence-corrected chi connectivity index (χ3v) is 4.84. The van der Waals surface area contributed by atoms with Gasteiger partial charge in [-0.15, -0.1) is 0 Å². The number of hydrogen-bond acceptors (Lipinski definition) is 5. The van der Waals surface area contributed by atoms with Crippen LogP contribution in [0.5, 0.6) is 5.88 Å². The van der Waals surface area contributed by atoms with Crippen molar-refractivity contribution < 1.29 is 23.4 Å². The van der Waals surface area contributed by atoms with Crippen molar-refractivity contribution in [2.24, 2.45) is 11.3 Å². The van der Waals surface area contributed by atoms with Crippen LogP contribution in [0.2, 0.25) is 0 Å². The lowest BCUT2D eigenvalue weighted by atomic mass is 9.87. The van der Waals surface area contributed by atoms with E-state index in [9.17, 15) is 18.7 Å². The zero-order valence-corrected chi connectivity index (χ0v) is 16.0. The molecule has 1 atom stereocenters. The molecule has 1 aliphatic carbocycles. The van der Waals surface area contributed by atoms with Crippen molar-refractivity contribution in [2.45, 2.75) is 52.1 Å². The normalized spacial score (nSPS) is 20.1. The van der Waals surface area contributed by atoms with Crippen molar-refractivity contribution in [3.63, 3.8) is 0 Å². The molecule has 2 aliphatic rings. The number of carboxylic acids is 1. The second kappa shape index (κ2) is 7.22. The molecule has 1 saturated carbocycles. The number of aromatic nitrogens is 1. The first-order valence-corrected chi connectivity index (χ1v) is 9.27. The Bertz CT molecular complexity index is 694. The first-order valence-electron chi connectivity index (χ1n) is 9.27. The van der Waals surface area contributed by atoms with Gasteiger partial charge in [-0.05, 0) is 36.3 Å². The molecule has 2 heterocycles. The minimum Gasteiger partial charge on any atom is -0.480 e. The molecule has 6 nitrogen and oxygen atoms in total. The molecule has 27 heavy (non-hydrogen) atoms. The van der Waals surface area contributed by atoms with E-state index in [0.29, 0.717) is 29.8 Å². The SMILES string of the molecule is CC(C)(C)[C@H](NCc1ccc(N2CC(F)(F)C2)c(OCC2CC2)n1)C(=O)O. The number of halogens is 2. The number of carboxylic acid groups (broad SMARTS) is 1. The second-order valence-electron chi connectivity index (χ2n) is 8.61. The molecule has 0 unspecified atom stereocenters. The van der Waals surface area contributed by atoms with Crippen LogP contribution >= 0.6 is 0 Å². The van der Waals surface area contributed by atoms with E-state index in [0.717, 1.165) is 12.8 Å². The van der Waals surface area contributed by atoms with Gasteiger partial charge in [0.2, 0.25) is 5.88 Å². The van der Waals surface area contributed by atoms with Gasteiger partial charge < -0.3 is 14.7 Å². The van der Waals surface area contributed by atoms with Crippen LogP contribution in [0, 0.1) is 11.3 Å². The molecule has 8 heteroatoms. The summed E-state index contributed by atoms with van der Waals surface area (Å²) < 4.78 is 32.3. The van der Waals surface area contributed by atoms with E-state index in [1.165, 1.54) is 0 Å². The summed E-state index contributed by atoms with van der Waals surface area (Å²) in [6, 6.07) is 2.72. The predicted molar refractivity (Wildman–Crippen MR) is 97.3 cm³/mol. The maximum atomic E-state index is 13.2. The molecule has 1 aliphatic heterocycles. The Morgan fingerprint density at radius 2 is 2.07 bits per heavy atom. The number of alkyl halides is 2. The number of nitrogens with one attached hydrogen (secondary N) is 1. The third kappa shape index (κ3) is 5.06. The summed E-state index contributed by atoms with van der Waals surface area (Å²) in [5.41, 5.74) is 0.726. The predicted octanol–water partition coefficient (Wildman–Crippen LogP) is 2.91. The monoisotopic (exact) mass is 383 g/mol. The van der Waals surface area contributed by atoms with Crippen molar-refractivity contribution in [3.8, 4) is 5.88 Å². The number of aliphatic carboxylic acids is 1. The minimum atomic E-state index is -2.67. The van der Waals surface area contributed by atoms with Crippen LogP contribution in [-0.4, -0.2) is 47.7 Å². The average molecular weight is 383 g/mol. The molecule has 0 aromatic carbocycles. The fourth-order valence-electron chi connectivity index (χ4n) is 3.05. The molecule has 150 valence electrons.